The van der Waals surface area contributed by atoms with Gasteiger partial charge in [0, 0.05) is 37.8 Å². The lowest BCUT2D eigenvalue weighted by molar-refractivity contribution is -0.138. The Hall–Kier alpha value is -3.55. The number of fused-ring (bicyclic) bond motifs is 1. The highest BCUT2D eigenvalue weighted by molar-refractivity contribution is 5.94. The number of nitrogens with zero attached hydrogens (tertiary/aromatic N) is 2. The molecule has 2 aromatic rings. The largest absolute Gasteiger partial charge is 0.497 e. The Balaban J connectivity index is 1.11. The standard InChI is InChI=1S/C29H36N4O4/c1-37-25-8-2-5-20(17-25)19-30-27(34)22-12-15-32(16-13-22)28(35)26-9-4-14-33(26)29(36)31-24-11-10-21-6-3-7-23(21)18-24/h2,5,8,10-11,17-18,22,26H,3-4,6-7,9,12-16,19H2,1H3,(H,30,34)(H,31,36)/t26-/m0/s1. The van der Waals surface area contributed by atoms with Gasteiger partial charge in [0.15, 0.2) is 0 Å². The molecular weight excluding hydrogens is 468 g/mol. The molecule has 2 fully saturated rings. The van der Waals surface area contributed by atoms with E-state index in [-0.39, 0.29) is 23.8 Å². The Morgan fingerprint density at radius 1 is 0.946 bits per heavy atom. The second kappa shape index (κ2) is 11.2. The van der Waals surface area contributed by atoms with Crippen molar-refractivity contribution >= 4 is 23.5 Å². The quantitative estimate of drug-likeness (QED) is 0.627. The number of hydrogen-bond acceptors (Lipinski definition) is 4. The first kappa shape index (κ1) is 25.1. The summed E-state index contributed by atoms with van der Waals surface area (Å²) in [6.07, 6.45) is 6.07. The molecule has 2 heterocycles. The third-order valence-corrected chi connectivity index (χ3v) is 7.93. The SMILES string of the molecule is COc1cccc(CNC(=O)C2CCN(C(=O)[C@@H]3CCCN3C(=O)Nc3ccc4c(c3)CCC4)CC2)c1. The highest BCUT2D eigenvalue weighted by Gasteiger charge is 2.38. The van der Waals surface area contributed by atoms with Gasteiger partial charge in [0.05, 0.1) is 7.11 Å². The van der Waals surface area contributed by atoms with Crippen LogP contribution >= 0.6 is 0 Å². The van der Waals surface area contributed by atoms with Gasteiger partial charge in [-0.2, -0.15) is 0 Å². The fourth-order valence-electron chi connectivity index (χ4n) is 5.80. The number of hydrogen-bond donors (Lipinski definition) is 2. The minimum Gasteiger partial charge on any atom is -0.497 e. The van der Waals surface area contributed by atoms with E-state index >= 15 is 0 Å². The molecule has 0 bridgehead atoms. The van der Waals surface area contributed by atoms with Gasteiger partial charge in [0.2, 0.25) is 11.8 Å². The number of nitrogens with one attached hydrogen (secondary N) is 2. The van der Waals surface area contributed by atoms with Crippen LogP contribution in [0.2, 0.25) is 0 Å². The van der Waals surface area contributed by atoms with Crippen LogP contribution in [0.1, 0.15) is 48.8 Å². The van der Waals surface area contributed by atoms with Crippen LogP contribution in [0.4, 0.5) is 10.5 Å². The van der Waals surface area contributed by atoms with Crippen molar-refractivity contribution in [1.82, 2.24) is 15.1 Å². The summed E-state index contributed by atoms with van der Waals surface area (Å²) in [4.78, 5) is 42.7. The summed E-state index contributed by atoms with van der Waals surface area (Å²) in [5.74, 6) is 0.668. The van der Waals surface area contributed by atoms with Gasteiger partial charge in [-0.15, -0.1) is 0 Å². The number of aryl methyl sites for hydroxylation is 2. The van der Waals surface area contributed by atoms with Crippen LogP contribution in [0.5, 0.6) is 5.75 Å². The van der Waals surface area contributed by atoms with Gasteiger partial charge in [-0.3, -0.25) is 9.59 Å². The number of benzene rings is 2. The molecule has 0 unspecified atom stereocenters. The zero-order valence-corrected chi connectivity index (χ0v) is 21.5. The number of carbonyl (C=O) groups is 3. The molecule has 5 rings (SSSR count). The highest BCUT2D eigenvalue weighted by atomic mass is 16.5. The predicted molar refractivity (Wildman–Crippen MR) is 141 cm³/mol. The summed E-state index contributed by atoms with van der Waals surface area (Å²) >= 11 is 0. The molecular formula is C29H36N4O4. The molecule has 1 atom stereocenters. The van der Waals surface area contributed by atoms with Gasteiger partial charge in [-0.05, 0) is 85.9 Å². The van der Waals surface area contributed by atoms with Gasteiger partial charge in [0.25, 0.3) is 0 Å². The molecule has 0 spiro atoms. The lowest BCUT2D eigenvalue weighted by Gasteiger charge is -2.35. The van der Waals surface area contributed by atoms with Crippen molar-refractivity contribution in [3.63, 3.8) is 0 Å². The van der Waals surface area contributed by atoms with Crippen LogP contribution in [-0.4, -0.2) is 60.4 Å². The van der Waals surface area contributed by atoms with E-state index in [2.05, 4.69) is 22.8 Å². The molecule has 2 aromatic carbocycles. The van der Waals surface area contributed by atoms with E-state index in [4.69, 9.17) is 4.74 Å². The van der Waals surface area contributed by atoms with E-state index in [0.29, 0.717) is 45.4 Å². The summed E-state index contributed by atoms with van der Waals surface area (Å²) < 4.78 is 5.24. The Morgan fingerprint density at radius 3 is 2.57 bits per heavy atom. The number of amides is 4. The Morgan fingerprint density at radius 2 is 1.76 bits per heavy atom. The Labute approximate surface area is 218 Å². The molecule has 0 radical (unpaired) electrons. The third-order valence-electron chi connectivity index (χ3n) is 7.93. The monoisotopic (exact) mass is 504 g/mol. The maximum atomic E-state index is 13.4. The molecule has 8 nitrogen and oxygen atoms in total. The van der Waals surface area contributed by atoms with Gasteiger partial charge in [-0.25, -0.2) is 4.79 Å². The van der Waals surface area contributed by atoms with Gasteiger partial charge in [-0.1, -0.05) is 18.2 Å². The number of rotatable bonds is 6. The molecule has 2 aliphatic heterocycles. The van der Waals surface area contributed by atoms with Crippen molar-refractivity contribution in [2.45, 2.75) is 57.5 Å². The van der Waals surface area contributed by atoms with Crippen molar-refractivity contribution in [2.24, 2.45) is 5.92 Å². The molecule has 37 heavy (non-hydrogen) atoms. The second-order valence-corrected chi connectivity index (χ2v) is 10.3. The highest BCUT2D eigenvalue weighted by Crippen LogP contribution is 2.27. The van der Waals surface area contributed by atoms with E-state index in [1.165, 1.54) is 11.1 Å². The number of anilines is 1. The number of carbonyl (C=O) groups excluding carboxylic acids is 3. The van der Waals surface area contributed by atoms with E-state index in [9.17, 15) is 14.4 Å². The molecule has 196 valence electrons. The summed E-state index contributed by atoms with van der Waals surface area (Å²) in [6.45, 7) is 2.10. The number of ether oxygens (including phenoxy) is 1. The van der Waals surface area contributed by atoms with Crippen LogP contribution < -0.4 is 15.4 Å². The Kier molecular flexibility index (Phi) is 7.63. The molecule has 1 aliphatic carbocycles. The van der Waals surface area contributed by atoms with Gasteiger partial charge in [0.1, 0.15) is 11.8 Å². The summed E-state index contributed by atoms with van der Waals surface area (Å²) in [5, 5.41) is 6.03. The average Bonchev–Trinajstić information content (AvgIpc) is 3.61. The van der Waals surface area contributed by atoms with Gasteiger partial charge >= 0.3 is 6.03 Å². The molecule has 2 saturated heterocycles. The summed E-state index contributed by atoms with van der Waals surface area (Å²) in [7, 11) is 1.62. The van der Waals surface area contributed by atoms with Crippen molar-refractivity contribution in [2.75, 3.05) is 32.1 Å². The molecule has 8 heteroatoms. The predicted octanol–water partition coefficient (Wildman–Crippen LogP) is 3.74. The fourth-order valence-corrected chi connectivity index (χ4v) is 5.80. The average molecular weight is 505 g/mol. The lowest BCUT2D eigenvalue weighted by Crippen LogP contribution is -2.51. The topological polar surface area (TPSA) is 91.0 Å². The number of likely N-dealkylation sites (tertiary alicyclic amines) is 2. The van der Waals surface area contributed by atoms with Crippen molar-refractivity contribution in [1.29, 1.82) is 0 Å². The van der Waals surface area contributed by atoms with E-state index in [1.54, 1.807) is 12.0 Å². The fraction of sp³-hybridized carbons (Fsp3) is 0.483. The molecule has 2 N–H and O–H groups in total. The number of piperidine rings is 1. The minimum absolute atomic E-state index is 0.00292. The molecule has 0 saturated carbocycles. The second-order valence-electron chi connectivity index (χ2n) is 10.3. The molecule has 0 aromatic heterocycles. The maximum Gasteiger partial charge on any atom is 0.322 e. The number of urea groups is 1. The number of methoxy groups -OCH3 is 1. The first-order valence-electron chi connectivity index (χ1n) is 13.4. The zero-order chi connectivity index (χ0) is 25.8. The Bertz CT molecular complexity index is 1160. The minimum atomic E-state index is -0.437. The van der Waals surface area contributed by atoms with Crippen LogP contribution in [-0.2, 0) is 29.0 Å². The zero-order valence-electron chi connectivity index (χ0n) is 21.5. The van der Waals surface area contributed by atoms with E-state index < -0.39 is 6.04 Å². The summed E-state index contributed by atoms with van der Waals surface area (Å²) in [5.41, 5.74) is 4.45. The first-order chi connectivity index (χ1) is 18.0. The third kappa shape index (κ3) is 5.73. The maximum absolute atomic E-state index is 13.4. The molecule has 4 amide bonds. The normalized spacial score (nSPS) is 19.4. The van der Waals surface area contributed by atoms with Crippen LogP contribution in [0.3, 0.4) is 0 Å². The van der Waals surface area contributed by atoms with E-state index in [0.717, 1.165) is 42.7 Å². The van der Waals surface area contributed by atoms with Crippen molar-refractivity contribution in [3.8, 4) is 5.75 Å². The van der Waals surface area contributed by atoms with Crippen molar-refractivity contribution < 1.29 is 19.1 Å². The van der Waals surface area contributed by atoms with E-state index in [1.807, 2.05) is 35.2 Å². The van der Waals surface area contributed by atoms with Crippen molar-refractivity contribution in [3.05, 3.63) is 59.2 Å². The van der Waals surface area contributed by atoms with Crippen LogP contribution in [0.15, 0.2) is 42.5 Å². The van der Waals surface area contributed by atoms with Crippen LogP contribution in [0.25, 0.3) is 0 Å². The summed E-state index contributed by atoms with van der Waals surface area (Å²) in [6, 6.07) is 13.1. The smallest absolute Gasteiger partial charge is 0.322 e. The van der Waals surface area contributed by atoms with Gasteiger partial charge < -0.3 is 25.2 Å². The molecule has 3 aliphatic rings. The first-order valence-corrected chi connectivity index (χ1v) is 13.4. The van der Waals surface area contributed by atoms with Crippen LogP contribution in [0, 0.1) is 5.92 Å². The lowest BCUT2D eigenvalue weighted by atomic mass is 9.95.